The molecule has 3 heteroatoms. The van der Waals surface area contributed by atoms with Crippen molar-refractivity contribution in [3.05, 3.63) is 17.8 Å². The van der Waals surface area contributed by atoms with Gasteiger partial charge in [0.2, 0.25) is 0 Å². The van der Waals surface area contributed by atoms with Crippen molar-refractivity contribution in [1.82, 2.24) is 4.98 Å². The summed E-state index contributed by atoms with van der Waals surface area (Å²) < 4.78 is 0. The largest absolute Gasteiger partial charge is 0.397 e. The van der Waals surface area contributed by atoms with Crippen LogP contribution in [0.2, 0.25) is 0 Å². The van der Waals surface area contributed by atoms with Gasteiger partial charge < -0.3 is 5.73 Å². The highest BCUT2D eigenvalue weighted by Crippen LogP contribution is 2.21. The topological polar surface area (TPSA) is 38.9 Å². The molecule has 0 radical (unpaired) electrons. The fourth-order valence-electron chi connectivity index (χ4n) is 1.05. The van der Waals surface area contributed by atoms with Crippen LogP contribution in [0, 0.1) is 6.92 Å². The molecule has 0 unspecified atom stereocenters. The van der Waals surface area contributed by atoms with Gasteiger partial charge in [-0.1, -0.05) is 13.3 Å². The second-order valence-corrected chi connectivity index (χ2v) is 4.18. The molecular weight excluding hydrogens is 180 g/mol. The standard InChI is InChI=1S/C10H16N2S/c1-3-4-5-13-10-8(2)6-9(11)7-12-10/h6-7H,3-5,11H2,1-2H3. The molecule has 13 heavy (non-hydrogen) atoms. The van der Waals surface area contributed by atoms with E-state index in [0.29, 0.717) is 0 Å². The minimum absolute atomic E-state index is 0.748. The minimum atomic E-state index is 0.748. The van der Waals surface area contributed by atoms with Crippen molar-refractivity contribution in [2.45, 2.75) is 31.7 Å². The van der Waals surface area contributed by atoms with Crippen molar-refractivity contribution in [2.24, 2.45) is 0 Å². The van der Waals surface area contributed by atoms with Crippen LogP contribution >= 0.6 is 11.8 Å². The van der Waals surface area contributed by atoms with Crippen LogP contribution in [0.25, 0.3) is 0 Å². The molecule has 1 rings (SSSR count). The number of thioether (sulfide) groups is 1. The lowest BCUT2D eigenvalue weighted by Crippen LogP contribution is -1.91. The monoisotopic (exact) mass is 196 g/mol. The molecule has 0 bridgehead atoms. The first-order valence-corrected chi connectivity index (χ1v) is 5.57. The maximum atomic E-state index is 5.61. The third kappa shape index (κ3) is 3.27. The van der Waals surface area contributed by atoms with Gasteiger partial charge in [-0.25, -0.2) is 4.98 Å². The molecule has 2 N–H and O–H groups in total. The number of pyridine rings is 1. The molecule has 1 aromatic heterocycles. The molecular formula is C10H16N2S. The predicted octanol–water partition coefficient (Wildman–Crippen LogP) is 2.86. The van der Waals surface area contributed by atoms with Gasteiger partial charge in [0.1, 0.15) is 0 Å². The van der Waals surface area contributed by atoms with Crippen molar-refractivity contribution in [1.29, 1.82) is 0 Å². The van der Waals surface area contributed by atoms with E-state index in [1.807, 2.05) is 17.8 Å². The van der Waals surface area contributed by atoms with Gasteiger partial charge in [0, 0.05) is 0 Å². The molecule has 0 aromatic carbocycles. The molecule has 2 nitrogen and oxygen atoms in total. The highest BCUT2D eigenvalue weighted by molar-refractivity contribution is 7.99. The molecule has 0 aliphatic rings. The van der Waals surface area contributed by atoms with E-state index >= 15 is 0 Å². The number of aromatic nitrogens is 1. The van der Waals surface area contributed by atoms with Gasteiger partial charge in [0.25, 0.3) is 0 Å². The lowest BCUT2D eigenvalue weighted by molar-refractivity contribution is 0.894. The second kappa shape index (κ2) is 5.12. The summed E-state index contributed by atoms with van der Waals surface area (Å²) in [7, 11) is 0. The summed E-state index contributed by atoms with van der Waals surface area (Å²) in [4.78, 5) is 4.29. The fourth-order valence-corrected chi connectivity index (χ4v) is 2.09. The molecule has 0 spiro atoms. The summed E-state index contributed by atoms with van der Waals surface area (Å²) in [6, 6.07) is 1.97. The quantitative estimate of drug-likeness (QED) is 0.594. The first-order valence-electron chi connectivity index (χ1n) is 4.59. The second-order valence-electron chi connectivity index (χ2n) is 3.09. The van der Waals surface area contributed by atoms with Gasteiger partial charge in [-0.3, -0.25) is 0 Å². The Balaban J connectivity index is 2.56. The first kappa shape index (κ1) is 10.4. The normalized spacial score (nSPS) is 10.3. The molecule has 0 saturated heterocycles. The lowest BCUT2D eigenvalue weighted by Gasteiger charge is -2.04. The number of nitrogen functional groups attached to an aromatic ring is 1. The molecule has 0 fully saturated rings. The van der Waals surface area contributed by atoms with Gasteiger partial charge in [0.15, 0.2) is 0 Å². The lowest BCUT2D eigenvalue weighted by atomic mass is 10.3. The van der Waals surface area contributed by atoms with E-state index in [2.05, 4.69) is 18.8 Å². The molecule has 1 heterocycles. The number of unbranched alkanes of at least 4 members (excludes halogenated alkanes) is 1. The van der Waals surface area contributed by atoms with Gasteiger partial charge in [-0.15, -0.1) is 11.8 Å². The molecule has 0 aliphatic carbocycles. The number of nitrogens with zero attached hydrogens (tertiary/aromatic N) is 1. The summed E-state index contributed by atoms with van der Waals surface area (Å²) >= 11 is 1.81. The Morgan fingerprint density at radius 1 is 1.54 bits per heavy atom. The van der Waals surface area contributed by atoms with Crippen LogP contribution in [0.15, 0.2) is 17.3 Å². The zero-order valence-corrected chi connectivity index (χ0v) is 9.03. The first-order chi connectivity index (χ1) is 6.24. The summed E-state index contributed by atoms with van der Waals surface area (Å²) in [6.07, 6.45) is 4.21. The van der Waals surface area contributed by atoms with E-state index in [0.717, 1.165) is 16.5 Å². The van der Waals surface area contributed by atoms with E-state index in [9.17, 15) is 0 Å². The van der Waals surface area contributed by atoms with Crippen LogP contribution in [0.5, 0.6) is 0 Å². The van der Waals surface area contributed by atoms with Crippen LogP contribution in [0.4, 0.5) is 5.69 Å². The van der Waals surface area contributed by atoms with Crippen LogP contribution in [0.3, 0.4) is 0 Å². The zero-order chi connectivity index (χ0) is 9.68. The van der Waals surface area contributed by atoms with E-state index in [1.54, 1.807) is 6.20 Å². The minimum Gasteiger partial charge on any atom is -0.397 e. The van der Waals surface area contributed by atoms with Gasteiger partial charge >= 0.3 is 0 Å². The SMILES string of the molecule is CCCCSc1ncc(N)cc1C. The molecule has 1 aromatic rings. The molecule has 0 saturated carbocycles. The van der Waals surface area contributed by atoms with E-state index in [4.69, 9.17) is 5.73 Å². The third-order valence-corrected chi connectivity index (χ3v) is 2.98. The fraction of sp³-hybridized carbons (Fsp3) is 0.500. The Kier molecular flexibility index (Phi) is 4.09. The van der Waals surface area contributed by atoms with Gasteiger partial charge in [-0.05, 0) is 30.7 Å². The van der Waals surface area contributed by atoms with Gasteiger partial charge in [0.05, 0.1) is 16.9 Å². The summed E-state index contributed by atoms with van der Waals surface area (Å²) in [5.41, 5.74) is 7.54. The Hall–Kier alpha value is -0.700. The number of hydrogen-bond donors (Lipinski definition) is 1. The van der Waals surface area contributed by atoms with Crippen LogP contribution < -0.4 is 5.73 Å². The van der Waals surface area contributed by atoms with Gasteiger partial charge in [-0.2, -0.15) is 0 Å². The van der Waals surface area contributed by atoms with E-state index < -0.39 is 0 Å². The van der Waals surface area contributed by atoms with Crippen LogP contribution in [-0.4, -0.2) is 10.7 Å². The number of nitrogens with two attached hydrogens (primary N) is 1. The smallest absolute Gasteiger partial charge is 0.0990 e. The summed E-state index contributed by atoms with van der Waals surface area (Å²) in [6.45, 7) is 4.25. The maximum Gasteiger partial charge on any atom is 0.0990 e. The van der Waals surface area contributed by atoms with E-state index in [1.165, 1.54) is 18.4 Å². The summed E-state index contributed by atoms with van der Waals surface area (Å²) in [5.74, 6) is 1.15. The van der Waals surface area contributed by atoms with Crippen molar-refractivity contribution in [2.75, 3.05) is 11.5 Å². The van der Waals surface area contributed by atoms with Crippen molar-refractivity contribution >= 4 is 17.4 Å². The third-order valence-electron chi connectivity index (χ3n) is 1.79. The van der Waals surface area contributed by atoms with Crippen molar-refractivity contribution in [3.63, 3.8) is 0 Å². The average Bonchev–Trinajstić information content (AvgIpc) is 2.09. The maximum absolute atomic E-state index is 5.61. The Labute approximate surface area is 83.9 Å². The molecule has 0 amide bonds. The number of aryl methyl sites for hydroxylation is 1. The Morgan fingerprint density at radius 2 is 2.31 bits per heavy atom. The molecule has 0 atom stereocenters. The van der Waals surface area contributed by atoms with Crippen molar-refractivity contribution in [3.8, 4) is 0 Å². The summed E-state index contributed by atoms with van der Waals surface area (Å²) in [5, 5.41) is 1.11. The molecule has 0 aliphatic heterocycles. The van der Waals surface area contributed by atoms with Crippen LogP contribution in [-0.2, 0) is 0 Å². The van der Waals surface area contributed by atoms with E-state index in [-0.39, 0.29) is 0 Å². The highest BCUT2D eigenvalue weighted by atomic mass is 32.2. The number of anilines is 1. The average molecular weight is 196 g/mol. The zero-order valence-electron chi connectivity index (χ0n) is 8.21. The predicted molar refractivity (Wildman–Crippen MR) is 59.0 cm³/mol. The highest BCUT2D eigenvalue weighted by Gasteiger charge is 2.00. The number of hydrogen-bond acceptors (Lipinski definition) is 3. The Bertz CT molecular complexity index is 274. The Morgan fingerprint density at radius 3 is 2.92 bits per heavy atom. The van der Waals surface area contributed by atoms with Crippen LogP contribution in [0.1, 0.15) is 25.3 Å². The molecule has 72 valence electrons. The van der Waals surface area contributed by atoms with Crippen molar-refractivity contribution < 1.29 is 0 Å². The number of rotatable bonds is 4.